The summed E-state index contributed by atoms with van der Waals surface area (Å²) in [5.41, 5.74) is 0. The molecule has 0 aliphatic carbocycles. The molecule has 2 fully saturated rings. The third kappa shape index (κ3) is 1.16. The molecule has 0 aromatic carbocycles. The van der Waals surface area contributed by atoms with E-state index in [0.29, 0.717) is 12.6 Å². The Hall–Kier alpha value is 0.170. The minimum atomic E-state index is 0.125. The van der Waals surface area contributed by atoms with Gasteiger partial charge >= 0.3 is 0 Å². The van der Waals surface area contributed by atoms with E-state index in [2.05, 4.69) is 11.9 Å². The standard InChI is InChI=1S/C8H14ClNO2/c1-10-3-5(9)8-7(10)6(11-2)4-12-8/h5-8H,3-4H2,1-2H3/t5-,6?,7-,8-/m1/s1. The first kappa shape index (κ1) is 8.75. The lowest BCUT2D eigenvalue weighted by Gasteiger charge is -2.21. The van der Waals surface area contributed by atoms with E-state index >= 15 is 0 Å². The molecule has 2 heterocycles. The second-order valence-corrected chi connectivity index (χ2v) is 4.08. The van der Waals surface area contributed by atoms with Crippen molar-refractivity contribution in [3.63, 3.8) is 0 Å². The number of methoxy groups -OCH3 is 1. The second-order valence-electron chi connectivity index (χ2n) is 3.52. The summed E-state index contributed by atoms with van der Waals surface area (Å²) in [6, 6.07) is 0.359. The van der Waals surface area contributed by atoms with Crippen LogP contribution in [-0.2, 0) is 9.47 Å². The Morgan fingerprint density at radius 3 is 3.00 bits per heavy atom. The molecule has 0 aromatic heterocycles. The molecule has 0 radical (unpaired) electrons. The van der Waals surface area contributed by atoms with E-state index in [4.69, 9.17) is 21.1 Å². The van der Waals surface area contributed by atoms with E-state index in [0.717, 1.165) is 6.54 Å². The first-order valence-electron chi connectivity index (χ1n) is 4.22. The van der Waals surface area contributed by atoms with Gasteiger partial charge in [-0.3, -0.25) is 4.90 Å². The van der Waals surface area contributed by atoms with Crippen molar-refractivity contribution < 1.29 is 9.47 Å². The molecule has 2 aliphatic heterocycles. The van der Waals surface area contributed by atoms with Gasteiger partial charge in [0, 0.05) is 13.7 Å². The van der Waals surface area contributed by atoms with Gasteiger partial charge in [-0.25, -0.2) is 0 Å². The van der Waals surface area contributed by atoms with Crippen molar-refractivity contribution in [3.8, 4) is 0 Å². The van der Waals surface area contributed by atoms with E-state index < -0.39 is 0 Å². The lowest BCUT2D eigenvalue weighted by Crippen LogP contribution is -2.39. The van der Waals surface area contributed by atoms with Crippen LogP contribution in [0.4, 0.5) is 0 Å². The minimum Gasteiger partial charge on any atom is -0.377 e. The highest BCUT2D eigenvalue weighted by atomic mass is 35.5. The molecule has 2 saturated heterocycles. The van der Waals surface area contributed by atoms with Crippen LogP contribution in [0.5, 0.6) is 0 Å². The van der Waals surface area contributed by atoms with Crippen molar-refractivity contribution in [2.45, 2.75) is 23.6 Å². The van der Waals surface area contributed by atoms with Gasteiger partial charge in [0.1, 0.15) is 0 Å². The largest absolute Gasteiger partial charge is 0.377 e. The number of nitrogens with zero attached hydrogens (tertiary/aromatic N) is 1. The Morgan fingerprint density at radius 2 is 2.33 bits per heavy atom. The van der Waals surface area contributed by atoms with E-state index in [9.17, 15) is 0 Å². The maximum Gasteiger partial charge on any atom is 0.0985 e. The minimum absolute atomic E-state index is 0.125. The van der Waals surface area contributed by atoms with Crippen LogP contribution >= 0.6 is 11.6 Å². The molecule has 12 heavy (non-hydrogen) atoms. The summed E-state index contributed by atoms with van der Waals surface area (Å²) in [5.74, 6) is 0. The second kappa shape index (κ2) is 3.14. The number of alkyl halides is 1. The topological polar surface area (TPSA) is 21.7 Å². The van der Waals surface area contributed by atoms with Crippen molar-refractivity contribution in [1.29, 1.82) is 0 Å². The zero-order chi connectivity index (χ0) is 8.72. The van der Waals surface area contributed by atoms with Crippen LogP contribution in [0, 0.1) is 0 Å². The predicted molar refractivity (Wildman–Crippen MR) is 46.6 cm³/mol. The van der Waals surface area contributed by atoms with Gasteiger partial charge in [-0.05, 0) is 7.05 Å². The molecule has 2 aliphatic rings. The molecule has 0 bridgehead atoms. The first-order chi connectivity index (χ1) is 5.74. The first-order valence-corrected chi connectivity index (χ1v) is 4.66. The highest BCUT2D eigenvalue weighted by Crippen LogP contribution is 2.32. The molecule has 0 aromatic rings. The third-order valence-electron chi connectivity index (χ3n) is 2.80. The number of hydrogen-bond donors (Lipinski definition) is 0. The van der Waals surface area contributed by atoms with Gasteiger partial charge in [0.05, 0.1) is 30.2 Å². The number of rotatable bonds is 1. The number of likely N-dealkylation sites (N-methyl/N-ethyl adjacent to an activating group) is 1. The maximum absolute atomic E-state index is 6.11. The number of halogens is 1. The van der Waals surface area contributed by atoms with Crippen LogP contribution in [0.2, 0.25) is 0 Å². The van der Waals surface area contributed by atoms with E-state index in [1.54, 1.807) is 7.11 Å². The molecule has 0 amide bonds. The van der Waals surface area contributed by atoms with Crippen LogP contribution in [-0.4, -0.2) is 55.8 Å². The fourth-order valence-corrected chi connectivity index (χ4v) is 2.62. The molecule has 0 saturated carbocycles. The maximum atomic E-state index is 6.11. The molecular formula is C8H14ClNO2. The Bertz CT molecular complexity index is 178. The Kier molecular flexibility index (Phi) is 2.29. The molecule has 0 spiro atoms. The molecule has 1 unspecified atom stereocenters. The average Bonchev–Trinajstić information content (AvgIpc) is 2.55. The molecule has 2 rings (SSSR count). The number of ether oxygens (including phenoxy) is 2. The summed E-state index contributed by atoms with van der Waals surface area (Å²) in [7, 11) is 3.80. The van der Waals surface area contributed by atoms with Crippen LogP contribution in [0.25, 0.3) is 0 Å². The highest BCUT2D eigenvalue weighted by molar-refractivity contribution is 6.21. The SMILES string of the molecule is COC1CO[C@@H]2[C@H](Cl)CN(C)[C@H]12. The fourth-order valence-electron chi connectivity index (χ4n) is 2.18. The van der Waals surface area contributed by atoms with Gasteiger partial charge < -0.3 is 9.47 Å². The van der Waals surface area contributed by atoms with Gasteiger partial charge in [-0.1, -0.05) is 0 Å². The smallest absolute Gasteiger partial charge is 0.0985 e. The van der Waals surface area contributed by atoms with E-state index in [-0.39, 0.29) is 17.6 Å². The van der Waals surface area contributed by atoms with Gasteiger partial charge in [0.15, 0.2) is 0 Å². The summed E-state index contributed by atoms with van der Waals surface area (Å²) in [6.07, 6.45) is 0.366. The van der Waals surface area contributed by atoms with Crippen LogP contribution in [0.3, 0.4) is 0 Å². The third-order valence-corrected chi connectivity index (χ3v) is 3.19. The van der Waals surface area contributed by atoms with Gasteiger partial charge in [0.25, 0.3) is 0 Å². The van der Waals surface area contributed by atoms with Crippen LogP contribution in [0.15, 0.2) is 0 Å². The summed E-state index contributed by atoms with van der Waals surface area (Å²) < 4.78 is 10.9. The van der Waals surface area contributed by atoms with Gasteiger partial charge in [0.2, 0.25) is 0 Å². The predicted octanol–water partition coefficient (Wildman–Crippen LogP) is 0.322. The number of likely N-dealkylation sites (tertiary alicyclic amines) is 1. The molecule has 4 atom stereocenters. The van der Waals surface area contributed by atoms with Crippen molar-refractivity contribution in [2.24, 2.45) is 0 Å². The molecule has 4 heteroatoms. The average molecular weight is 192 g/mol. The fraction of sp³-hybridized carbons (Fsp3) is 1.00. The summed E-state index contributed by atoms with van der Waals surface area (Å²) >= 11 is 6.11. The molecule has 70 valence electrons. The van der Waals surface area contributed by atoms with Crippen molar-refractivity contribution in [2.75, 3.05) is 27.3 Å². The quantitative estimate of drug-likeness (QED) is 0.558. The summed E-state index contributed by atoms with van der Waals surface area (Å²) in [6.45, 7) is 1.58. The zero-order valence-corrected chi connectivity index (χ0v) is 8.12. The Balaban J connectivity index is 2.11. The highest BCUT2D eigenvalue weighted by Gasteiger charge is 2.48. The Labute approximate surface area is 77.6 Å². The molecular weight excluding hydrogens is 178 g/mol. The van der Waals surface area contributed by atoms with Crippen LogP contribution in [0.1, 0.15) is 0 Å². The van der Waals surface area contributed by atoms with Gasteiger partial charge in [-0.15, -0.1) is 11.6 Å². The normalized spacial score (nSPS) is 48.2. The zero-order valence-electron chi connectivity index (χ0n) is 7.37. The van der Waals surface area contributed by atoms with Crippen molar-refractivity contribution >= 4 is 11.6 Å². The summed E-state index contributed by atoms with van der Waals surface area (Å²) in [5, 5.41) is 0.125. The monoisotopic (exact) mass is 191 g/mol. The van der Waals surface area contributed by atoms with E-state index in [1.807, 2.05) is 0 Å². The van der Waals surface area contributed by atoms with Crippen molar-refractivity contribution in [1.82, 2.24) is 4.90 Å². The lowest BCUT2D eigenvalue weighted by molar-refractivity contribution is 0.0485. The molecule has 3 nitrogen and oxygen atoms in total. The van der Waals surface area contributed by atoms with Crippen molar-refractivity contribution in [3.05, 3.63) is 0 Å². The number of hydrogen-bond acceptors (Lipinski definition) is 3. The van der Waals surface area contributed by atoms with E-state index in [1.165, 1.54) is 0 Å². The van der Waals surface area contributed by atoms with Gasteiger partial charge in [-0.2, -0.15) is 0 Å². The summed E-state index contributed by atoms with van der Waals surface area (Å²) in [4.78, 5) is 2.23. The molecule has 0 N–H and O–H groups in total. The number of fused-ring (bicyclic) bond motifs is 1. The Morgan fingerprint density at radius 1 is 1.58 bits per heavy atom. The van der Waals surface area contributed by atoms with Crippen LogP contribution < -0.4 is 0 Å². The lowest BCUT2D eigenvalue weighted by atomic mass is 10.1.